The summed E-state index contributed by atoms with van der Waals surface area (Å²) in [6.45, 7) is 4.25. The number of allylic oxidation sites excluding steroid dienone is 1. The van der Waals surface area contributed by atoms with Gasteiger partial charge in [0.1, 0.15) is 0 Å². The van der Waals surface area contributed by atoms with E-state index >= 15 is 0 Å². The molecule has 2 unspecified atom stereocenters. The monoisotopic (exact) mass is 231 g/mol. The molecule has 1 aromatic carbocycles. The maximum atomic E-state index is 9.82. The van der Waals surface area contributed by atoms with Crippen molar-refractivity contribution in [1.29, 1.82) is 0 Å². The predicted octanol–water partition coefficient (Wildman–Crippen LogP) is 3.01. The van der Waals surface area contributed by atoms with Gasteiger partial charge in [0.15, 0.2) is 0 Å². The zero-order valence-corrected chi connectivity index (χ0v) is 10.6. The van der Waals surface area contributed by atoms with Crippen LogP contribution in [0.5, 0.6) is 0 Å². The number of hydrogen-bond donors (Lipinski definition) is 2. The average molecular weight is 231 g/mol. The highest BCUT2D eigenvalue weighted by Gasteiger charge is 2.19. The highest BCUT2D eigenvalue weighted by atomic mass is 16.3. The second kappa shape index (κ2) is 5.37. The fraction of sp³-hybridized carbons (Fsp3) is 0.467. The average Bonchev–Trinajstić information content (AvgIpc) is 2.35. The molecule has 2 nitrogen and oxygen atoms in total. The third-order valence-corrected chi connectivity index (χ3v) is 3.53. The summed E-state index contributed by atoms with van der Waals surface area (Å²) < 4.78 is 0. The molecule has 0 amide bonds. The van der Waals surface area contributed by atoms with Gasteiger partial charge in [-0.25, -0.2) is 0 Å². The fourth-order valence-electron chi connectivity index (χ4n) is 2.23. The van der Waals surface area contributed by atoms with Gasteiger partial charge in [-0.05, 0) is 37.3 Å². The molecular weight excluding hydrogens is 210 g/mol. The molecule has 0 saturated carbocycles. The lowest BCUT2D eigenvalue weighted by molar-refractivity contribution is 0.146. The lowest BCUT2D eigenvalue weighted by atomic mass is 9.91. The Kier molecular flexibility index (Phi) is 3.85. The lowest BCUT2D eigenvalue weighted by Gasteiger charge is -2.26. The molecule has 0 radical (unpaired) electrons. The van der Waals surface area contributed by atoms with Crippen LogP contribution >= 0.6 is 0 Å². The van der Waals surface area contributed by atoms with E-state index < -0.39 is 0 Å². The van der Waals surface area contributed by atoms with E-state index in [1.807, 2.05) is 12.1 Å². The van der Waals surface area contributed by atoms with Crippen molar-refractivity contribution in [3.63, 3.8) is 0 Å². The molecule has 0 heterocycles. The summed E-state index contributed by atoms with van der Waals surface area (Å²) in [4.78, 5) is 0. The molecule has 2 N–H and O–H groups in total. The van der Waals surface area contributed by atoms with Gasteiger partial charge in [-0.15, -0.1) is 0 Å². The Morgan fingerprint density at radius 2 is 2.00 bits per heavy atom. The fourth-order valence-corrected chi connectivity index (χ4v) is 2.23. The Labute approximate surface area is 103 Å². The van der Waals surface area contributed by atoms with Gasteiger partial charge in [0.05, 0.1) is 6.10 Å². The van der Waals surface area contributed by atoms with Crippen molar-refractivity contribution >= 4 is 0 Å². The van der Waals surface area contributed by atoms with Crippen LogP contribution in [-0.4, -0.2) is 11.2 Å². The number of aliphatic hydroxyl groups excluding tert-OH is 1. The molecule has 1 aromatic rings. The van der Waals surface area contributed by atoms with Crippen LogP contribution in [0.1, 0.15) is 38.3 Å². The van der Waals surface area contributed by atoms with Gasteiger partial charge in [-0.1, -0.05) is 37.3 Å². The first-order valence-electron chi connectivity index (χ1n) is 6.37. The van der Waals surface area contributed by atoms with Gasteiger partial charge in [0, 0.05) is 11.7 Å². The molecule has 2 heteroatoms. The van der Waals surface area contributed by atoms with Gasteiger partial charge in [0.25, 0.3) is 0 Å². The maximum Gasteiger partial charge on any atom is 0.0766 e. The van der Waals surface area contributed by atoms with Crippen LogP contribution in [0, 0.1) is 5.92 Å². The number of hydrogen-bond acceptors (Lipinski definition) is 2. The largest absolute Gasteiger partial charge is 0.389 e. The predicted molar refractivity (Wildman–Crippen MR) is 70.5 cm³/mol. The molecule has 2 rings (SSSR count). The van der Waals surface area contributed by atoms with Crippen molar-refractivity contribution < 1.29 is 5.11 Å². The van der Waals surface area contributed by atoms with Crippen LogP contribution in [0.3, 0.4) is 0 Å². The highest BCUT2D eigenvalue weighted by Crippen LogP contribution is 2.24. The van der Waals surface area contributed by atoms with Crippen LogP contribution in [0.4, 0.5) is 0 Å². The lowest BCUT2D eigenvalue weighted by Crippen LogP contribution is -2.26. The van der Waals surface area contributed by atoms with Crippen molar-refractivity contribution in [2.24, 2.45) is 5.92 Å². The molecule has 0 bridgehead atoms. The normalized spacial score (nSPS) is 26.2. The second-order valence-electron chi connectivity index (χ2n) is 4.98. The summed E-state index contributed by atoms with van der Waals surface area (Å²) in [7, 11) is 0. The standard InChI is InChI=1S/C15H21NO/c1-11-8-9-14(10-15(11)17)16-12(2)13-6-4-3-5-7-13/h3-7,10-12,15-17H,8-9H2,1-2H3/t11?,12-,15?/m0/s1. The van der Waals surface area contributed by atoms with E-state index in [1.165, 1.54) is 11.3 Å². The number of benzene rings is 1. The van der Waals surface area contributed by atoms with Crippen LogP contribution in [0.2, 0.25) is 0 Å². The third-order valence-electron chi connectivity index (χ3n) is 3.53. The van der Waals surface area contributed by atoms with Gasteiger partial charge in [-0.3, -0.25) is 0 Å². The summed E-state index contributed by atoms with van der Waals surface area (Å²) in [6.07, 6.45) is 3.76. The van der Waals surface area contributed by atoms with E-state index in [1.54, 1.807) is 0 Å². The molecule has 1 aliphatic carbocycles. The smallest absolute Gasteiger partial charge is 0.0766 e. The summed E-state index contributed by atoms with van der Waals surface area (Å²) in [5, 5.41) is 13.3. The Hall–Kier alpha value is -1.28. The van der Waals surface area contributed by atoms with E-state index in [0.29, 0.717) is 12.0 Å². The molecule has 17 heavy (non-hydrogen) atoms. The molecule has 0 spiro atoms. The van der Waals surface area contributed by atoms with Crippen molar-refractivity contribution in [2.45, 2.75) is 38.8 Å². The summed E-state index contributed by atoms with van der Waals surface area (Å²) in [5.41, 5.74) is 2.45. The maximum absolute atomic E-state index is 9.82. The minimum absolute atomic E-state index is 0.294. The van der Waals surface area contributed by atoms with Gasteiger partial charge in [-0.2, -0.15) is 0 Å². The van der Waals surface area contributed by atoms with Crippen molar-refractivity contribution in [2.75, 3.05) is 0 Å². The number of rotatable bonds is 3. The Morgan fingerprint density at radius 1 is 1.29 bits per heavy atom. The molecule has 1 aliphatic rings. The van der Waals surface area contributed by atoms with E-state index in [-0.39, 0.29) is 6.10 Å². The SMILES string of the molecule is CC1CCC(N[C@@H](C)c2ccccc2)=CC1O. The van der Waals surface area contributed by atoms with Gasteiger partial charge in [0.2, 0.25) is 0 Å². The van der Waals surface area contributed by atoms with Crippen molar-refractivity contribution in [3.8, 4) is 0 Å². The first kappa shape index (κ1) is 12.2. The molecule has 0 saturated heterocycles. The zero-order valence-electron chi connectivity index (χ0n) is 10.6. The van der Waals surface area contributed by atoms with Crippen LogP contribution in [0.25, 0.3) is 0 Å². The van der Waals surface area contributed by atoms with E-state index in [2.05, 4.69) is 43.4 Å². The minimum atomic E-state index is -0.297. The van der Waals surface area contributed by atoms with Crippen LogP contribution in [-0.2, 0) is 0 Å². The summed E-state index contributed by atoms with van der Waals surface area (Å²) in [5.74, 6) is 0.382. The van der Waals surface area contributed by atoms with E-state index in [9.17, 15) is 5.11 Å². The summed E-state index contributed by atoms with van der Waals surface area (Å²) in [6, 6.07) is 10.7. The molecular formula is C15H21NO. The second-order valence-corrected chi connectivity index (χ2v) is 4.98. The first-order valence-corrected chi connectivity index (χ1v) is 6.37. The van der Waals surface area contributed by atoms with E-state index in [0.717, 1.165) is 12.8 Å². The number of nitrogens with one attached hydrogen (secondary N) is 1. The zero-order chi connectivity index (χ0) is 12.3. The van der Waals surface area contributed by atoms with Crippen LogP contribution in [0.15, 0.2) is 42.1 Å². The Balaban J connectivity index is 2.00. The third kappa shape index (κ3) is 3.10. The highest BCUT2D eigenvalue weighted by molar-refractivity contribution is 5.20. The topological polar surface area (TPSA) is 32.3 Å². The molecule has 3 atom stereocenters. The van der Waals surface area contributed by atoms with Crippen LogP contribution < -0.4 is 5.32 Å². The molecule has 0 fully saturated rings. The Morgan fingerprint density at radius 3 is 2.65 bits per heavy atom. The van der Waals surface area contributed by atoms with Crippen molar-refractivity contribution in [3.05, 3.63) is 47.7 Å². The van der Waals surface area contributed by atoms with Crippen molar-refractivity contribution in [1.82, 2.24) is 5.32 Å². The number of aliphatic hydroxyl groups is 1. The van der Waals surface area contributed by atoms with E-state index in [4.69, 9.17) is 0 Å². The molecule has 0 aliphatic heterocycles. The summed E-state index contributed by atoms with van der Waals surface area (Å²) >= 11 is 0. The van der Waals surface area contributed by atoms with Gasteiger partial charge < -0.3 is 10.4 Å². The first-order chi connectivity index (χ1) is 8.16. The quantitative estimate of drug-likeness (QED) is 0.838. The van der Waals surface area contributed by atoms with Gasteiger partial charge >= 0.3 is 0 Å². The molecule has 92 valence electrons. The Bertz CT molecular complexity index is 385. The molecule has 0 aromatic heterocycles. The minimum Gasteiger partial charge on any atom is -0.389 e.